The Labute approximate surface area is 154 Å². The van der Waals surface area contributed by atoms with Gasteiger partial charge in [0.25, 0.3) is 0 Å². The second-order valence-electron chi connectivity index (χ2n) is 6.10. The highest BCUT2D eigenvalue weighted by atomic mass is 35.5. The van der Waals surface area contributed by atoms with Gasteiger partial charge in [-0.3, -0.25) is 5.41 Å². The van der Waals surface area contributed by atoms with Crippen molar-refractivity contribution in [3.8, 4) is 11.8 Å². The van der Waals surface area contributed by atoms with Gasteiger partial charge in [-0.25, -0.2) is 0 Å². The number of hydrogen-bond donors (Lipinski definition) is 1. The van der Waals surface area contributed by atoms with Crippen molar-refractivity contribution in [3.05, 3.63) is 63.8 Å². The van der Waals surface area contributed by atoms with E-state index in [0.717, 1.165) is 22.0 Å². The monoisotopic (exact) mass is 369 g/mol. The van der Waals surface area contributed by atoms with E-state index in [1.807, 2.05) is 36.0 Å². The average molecular weight is 370 g/mol. The zero-order valence-corrected chi connectivity index (χ0v) is 14.8. The highest BCUT2D eigenvalue weighted by Crippen LogP contribution is 2.46. The second kappa shape index (κ2) is 5.80. The van der Waals surface area contributed by atoms with Crippen LogP contribution >= 0.6 is 23.2 Å². The number of nitriles is 1. The first-order valence-corrected chi connectivity index (χ1v) is 8.45. The number of hydrogen-bond acceptors (Lipinski definition) is 3. The highest BCUT2D eigenvalue weighted by molar-refractivity contribution is 6.34. The van der Waals surface area contributed by atoms with Crippen molar-refractivity contribution in [2.75, 3.05) is 0 Å². The topological polar surface area (TPSA) is 61.8 Å². The Morgan fingerprint density at radius 1 is 1.16 bits per heavy atom. The maximum Gasteiger partial charge on any atom is 0.205 e. The zero-order valence-electron chi connectivity index (χ0n) is 13.3. The molecule has 4 rings (SSSR count). The van der Waals surface area contributed by atoms with E-state index in [1.165, 1.54) is 0 Å². The summed E-state index contributed by atoms with van der Waals surface area (Å²) in [6.45, 7) is 0. The molecule has 0 radical (unpaired) electrons. The lowest BCUT2D eigenvalue weighted by molar-refractivity contribution is 0.455. The van der Waals surface area contributed by atoms with Crippen LogP contribution in [0.1, 0.15) is 17.0 Å². The Bertz CT molecular complexity index is 1040. The zero-order chi connectivity index (χ0) is 17.7. The summed E-state index contributed by atoms with van der Waals surface area (Å²) < 4.78 is 7.75. The van der Waals surface area contributed by atoms with Gasteiger partial charge in [0.1, 0.15) is 11.7 Å². The third-order valence-corrected chi connectivity index (χ3v) is 5.03. The first-order chi connectivity index (χ1) is 12.0. The van der Waals surface area contributed by atoms with Gasteiger partial charge in [-0.15, -0.1) is 0 Å². The molecule has 25 heavy (non-hydrogen) atoms. The lowest BCUT2D eigenvalue weighted by Crippen LogP contribution is -2.31. The van der Waals surface area contributed by atoms with Gasteiger partial charge in [-0.05, 0) is 35.9 Å². The van der Waals surface area contributed by atoms with Crippen LogP contribution in [-0.2, 0) is 7.05 Å². The number of nitrogens with one attached hydrogen (secondary N) is 1. The number of fused-ring (bicyclic) bond motifs is 3. The number of ether oxygens (including phenoxy) is 1. The minimum atomic E-state index is -0.733. The van der Waals surface area contributed by atoms with Gasteiger partial charge < -0.3 is 9.30 Å². The Morgan fingerprint density at radius 2 is 1.88 bits per heavy atom. The van der Waals surface area contributed by atoms with Crippen LogP contribution in [0, 0.1) is 22.7 Å². The minimum Gasteiger partial charge on any atom is -0.441 e. The number of aryl methyl sites for hydroxylation is 1. The molecule has 2 atom stereocenters. The molecule has 0 amide bonds. The van der Waals surface area contributed by atoms with Crippen molar-refractivity contribution >= 4 is 40.0 Å². The fourth-order valence-electron chi connectivity index (χ4n) is 3.46. The van der Waals surface area contributed by atoms with Crippen LogP contribution in [0.15, 0.2) is 42.6 Å². The molecule has 6 heteroatoms. The molecule has 2 aromatic carbocycles. The van der Waals surface area contributed by atoms with E-state index in [2.05, 4.69) is 6.07 Å². The van der Waals surface area contributed by atoms with Gasteiger partial charge >= 0.3 is 0 Å². The summed E-state index contributed by atoms with van der Waals surface area (Å²) in [5.41, 5.74) is 2.66. The Kier molecular flexibility index (Phi) is 3.72. The molecular formula is C19H13Cl2N3O. The largest absolute Gasteiger partial charge is 0.441 e. The van der Waals surface area contributed by atoms with E-state index >= 15 is 0 Å². The van der Waals surface area contributed by atoms with Crippen molar-refractivity contribution in [3.63, 3.8) is 0 Å². The molecule has 0 aliphatic carbocycles. The molecule has 1 aromatic heterocycles. The predicted octanol–water partition coefficient (Wildman–Crippen LogP) is 5.13. The summed E-state index contributed by atoms with van der Waals surface area (Å²) in [5, 5.41) is 19.8. The van der Waals surface area contributed by atoms with E-state index in [4.69, 9.17) is 33.3 Å². The van der Waals surface area contributed by atoms with E-state index in [1.54, 1.807) is 18.2 Å². The first kappa shape index (κ1) is 16.0. The van der Waals surface area contributed by atoms with Crippen molar-refractivity contribution in [2.24, 2.45) is 13.0 Å². The summed E-state index contributed by atoms with van der Waals surface area (Å²) in [6, 6.07) is 13.3. The molecule has 124 valence electrons. The maximum absolute atomic E-state index is 9.63. The van der Waals surface area contributed by atoms with Gasteiger partial charge in [-0.1, -0.05) is 29.3 Å². The summed E-state index contributed by atoms with van der Waals surface area (Å²) >= 11 is 12.3. The second-order valence-corrected chi connectivity index (χ2v) is 6.97. The minimum absolute atomic E-state index is 0.0625. The molecule has 0 bridgehead atoms. The van der Waals surface area contributed by atoms with Gasteiger partial charge in [0.15, 0.2) is 0 Å². The number of nitrogens with zero attached hydrogens (tertiary/aromatic N) is 2. The van der Waals surface area contributed by atoms with Crippen molar-refractivity contribution in [1.82, 2.24) is 4.57 Å². The molecule has 0 fully saturated rings. The van der Waals surface area contributed by atoms with Crippen LogP contribution in [0.3, 0.4) is 0 Å². The summed E-state index contributed by atoms with van der Waals surface area (Å²) in [7, 11) is 1.95. The molecule has 3 aromatic rings. The summed E-state index contributed by atoms with van der Waals surface area (Å²) in [4.78, 5) is 0. The number of aromatic nitrogens is 1. The van der Waals surface area contributed by atoms with Gasteiger partial charge in [0.05, 0.1) is 11.6 Å². The normalized spacial score (nSPS) is 19.4. The molecule has 2 heterocycles. The van der Waals surface area contributed by atoms with Crippen LogP contribution in [-0.4, -0.2) is 10.5 Å². The molecule has 1 aliphatic rings. The van der Waals surface area contributed by atoms with E-state index < -0.39 is 5.92 Å². The smallest absolute Gasteiger partial charge is 0.205 e. The number of halogens is 2. The SMILES string of the molecule is Cn1ccc2c3c(ccc21)C(c1cc(Cl)cc(Cl)c1)C(C#N)C(=N)O3. The Hall–Kier alpha value is -2.48. The van der Waals surface area contributed by atoms with Gasteiger partial charge in [-0.2, -0.15) is 5.26 Å². The summed E-state index contributed by atoms with van der Waals surface area (Å²) in [5.74, 6) is -0.534. The van der Waals surface area contributed by atoms with E-state index in [-0.39, 0.29) is 11.8 Å². The molecule has 0 saturated carbocycles. The van der Waals surface area contributed by atoms with Crippen LogP contribution < -0.4 is 4.74 Å². The third kappa shape index (κ3) is 2.48. The van der Waals surface area contributed by atoms with E-state index in [9.17, 15) is 5.26 Å². The molecular weight excluding hydrogens is 357 g/mol. The fraction of sp³-hybridized carbons (Fsp3) is 0.158. The quantitative estimate of drug-likeness (QED) is 0.646. The van der Waals surface area contributed by atoms with Gasteiger partial charge in [0.2, 0.25) is 5.90 Å². The Balaban J connectivity index is 2.01. The van der Waals surface area contributed by atoms with Crippen LogP contribution in [0.4, 0.5) is 0 Å². The highest BCUT2D eigenvalue weighted by Gasteiger charge is 2.38. The van der Waals surface area contributed by atoms with Crippen molar-refractivity contribution < 1.29 is 4.74 Å². The lowest BCUT2D eigenvalue weighted by Gasteiger charge is -2.31. The molecule has 0 spiro atoms. The molecule has 4 nitrogen and oxygen atoms in total. The maximum atomic E-state index is 9.63. The number of rotatable bonds is 1. The third-order valence-electron chi connectivity index (χ3n) is 4.59. The van der Waals surface area contributed by atoms with Crippen LogP contribution in [0.2, 0.25) is 10.0 Å². The Morgan fingerprint density at radius 3 is 2.56 bits per heavy atom. The number of benzene rings is 2. The van der Waals surface area contributed by atoms with Crippen molar-refractivity contribution in [2.45, 2.75) is 5.92 Å². The molecule has 0 saturated heterocycles. The predicted molar refractivity (Wildman–Crippen MR) is 98.7 cm³/mol. The lowest BCUT2D eigenvalue weighted by atomic mass is 9.78. The van der Waals surface area contributed by atoms with Gasteiger partial charge in [0, 0.05) is 40.2 Å². The van der Waals surface area contributed by atoms with Crippen LogP contribution in [0.5, 0.6) is 5.75 Å². The summed E-state index contributed by atoms with van der Waals surface area (Å²) in [6.07, 6.45) is 1.94. The molecule has 1 N–H and O–H groups in total. The average Bonchev–Trinajstić information content (AvgIpc) is 2.94. The first-order valence-electron chi connectivity index (χ1n) is 7.69. The standard InChI is InChI=1S/C19H13Cl2N3O/c1-24-5-4-13-16(24)3-2-14-17(10-6-11(20)8-12(21)7-10)15(9-22)19(23)25-18(13)14/h2-8,15,17,23H,1H3. The molecule has 1 aliphatic heterocycles. The molecule has 2 unspecified atom stereocenters. The van der Waals surface area contributed by atoms with Crippen molar-refractivity contribution in [1.29, 1.82) is 10.7 Å². The van der Waals surface area contributed by atoms with E-state index in [0.29, 0.717) is 15.8 Å². The van der Waals surface area contributed by atoms with Crippen LogP contribution in [0.25, 0.3) is 10.9 Å². The fourth-order valence-corrected chi connectivity index (χ4v) is 4.01.